The number of aryl methyl sites for hydroxylation is 1. The highest BCUT2D eigenvalue weighted by Gasteiger charge is 2.25. The van der Waals surface area contributed by atoms with Crippen LogP contribution in [-0.2, 0) is 16.6 Å². The third-order valence-corrected chi connectivity index (χ3v) is 7.59. The van der Waals surface area contributed by atoms with Crippen LogP contribution >= 0.6 is 0 Å². The molecular formula is C24H28N4O3S. The van der Waals surface area contributed by atoms with Crippen LogP contribution in [0.4, 0.5) is 0 Å². The van der Waals surface area contributed by atoms with Gasteiger partial charge in [0, 0.05) is 49.7 Å². The van der Waals surface area contributed by atoms with E-state index in [0.717, 1.165) is 43.6 Å². The summed E-state index contributed by atoms with van der Waals surface area (Å²) in [7, 11) is -3.48. The highest BCUT2D eigenvalue weighted by molar-refractivity contribution is 7.89. The lowest BCUT2D eigenvalue weighted by atomic mass is 10.2. The van der Waals surface area contributed by atoms with Crippen LogP contribution in [-0.4, -0.2) is 47.8 Å². The molecule has 1 N–H and O–H groups in total. The topological polar surface area (TPSA) is 84.3 Å². The Labute approximate surface area is 189 Å². The molecule has 0 unspecified atom stereocenters. The second-order valence-corrected chi connectivity index (χ2v) is 9.85. The van der Waals surface area contributed by atoms with Crippen LogP contribution in [0.2, 0.25) is 0 Å². The molecule has 1 aliphatic rings. The minimum atomic E-state index is -3.48. The molecule has 1 fully saturated rings. The number of benzene rings is 2. The largest absolute Gasteiger partial charge is 0.352 e. The summed E-state index contributed by atoms with van der Waals surface area (Å²) < 4.78 is 29.1. The fourth-order valence-corrected chi connectivity index (χ4v) is 5.44. The van der Waals surface area contributed by atoms with Crippen LogP contribution in [0.5, 0.6) is 0 Å². The predicted octanol–water partition coefficient (Wildman–Crippen LogP) is 3.54. The molecule has 0 aliphatic carbocycles. The van der Waals surface area contributed by atoms with E-state index >= 15 is 0 Å². The smallest absolute Gasteiger partial charge is 0.251 e. The maximum Gasteiger partial charge on any atom is 0.251 e. The number of aromatic nitrogens is 2. The summed E-state index contributed by atoms with van der Waals surface area (Å²) in [6.45, 7) is 2.37. The Kier molecular flexibility index (Phi) is 7.02. The molecule has 32 heavy (non-hydrogen) atoms. The first-order valence-electron chi connectivity index (χ1n) is 11.0. The fraction of sp³-hybridized carbons (Fsp3) is 0.333. The molecule has 8 heteroatoms. The van der Waals surface area contributed by atoms with Gasteiger partial charge in [-0.25, -0.2) is 13.4 Å². The van der Waals surface area contributed by atoms with Crippen molar-refractivity contribution < 1.29 is 13.2 Å². The second kappa shape index (κ2) is 10.1. The van der Waals surface area contributed by atoms with Crippen molar-refractivity contribution in [2.45, 2.75) is 37.1 Å². The lowest BCUT2D eigenvalue weighted by molar-refractivity contribution is 0.0952. The van der Waals surface area contributed by atoms with Crippen molar-refractivity contribution in [1.29, 1.82) is 0 Å². The number of rotatable bonds is 8. The molecule has 3 aromatic rings. The number of amides is 1. The summed E-state index contributed by atoms with van der Waals surface area (Å²) in [4.78, 5) is 17.1. The van der Waals surface area contributed by atoms with Crippen LogP contribution < -0.4 is 5.32 Å². The van der Waals surface area contributed by atoms with E-state index in [1.807, 2.05) is 36.5 Å². The van der Waals surface area contributed by atoms with Gasteiger partial charge in [0.25, 0.3) is 5.91 Å². The van der Waals surface area contributed by atoms with Gasteiger partial charge in [0.15, 0.2) is 0 Å². The van der Waals surface area contributed by atoms with Crippen LogP contribution in [0, 0.1) is 0 Å². The first-order chi connectivity index (χ1) is 15.6. The number of carbonyl (C=O) groups is 1. The summed E-state index contributed by atoms with van der Waals surface area (Å²) >= 11 is 0. The molecule has 2 aromatic carbocycles. The van der Waals surface area contributed by atoms with Crippen molar-refractivity contribution in [2.24, 2.45) is 0 Å². The van der Waals surface area contributed by atoms with Gasteiger partial charge in [-0.15, -0.1) is 0 Å². The van der Waals surface area contributed by atoms with E-state index in [1.54, 1.807) is 18.3 Å². The lowest BCUT2D eigenvalue weighted by Crippen LogP contribution is -2.35. The average molecular weight is 453 g/mol. The number of carbonyl (C=O) groups excluding carboxylic acids is 1. The summed E-state index contributed by atoms with van der Waals surface area (Å²) in [5.41, 5.74) is 1.51. The van der Waals surface area contributed by atoms with Gasteiger partial charge in [-0.1, -0.05) is 36.8 Å². The zero-order chi connectivity index (χ0) is 22.4. The Balaban J connectivity index is 1.29. The molecule has 0 atom stereocenters. The molecule has 0 bridgehead atoms. The van der Waals surface area contributed by atoms with Crippen molar-refractivity contribution in [3.63, 3.8) is 0 Å². The van der Waals surface area contributed by atoms with Gasteiger partial charge in [-0.05, 0) is 43.5 Å². The molecule has 0 spiro atoms. The van der Waals surface area contributed by atoms with Crippen molar-refractivity contribution in [3.05, 3.63) is 72.6 Å². The monoisotopic (exact) mass is 452 g/mol. The SMILES string of the molecule is O=C(NCCCn1ccnc1-c1ccccc1)c1ccc(S(=O)(=O)N2CCCCC2)cc1. The van der Waals surface area contributed by atoms with E-state index in [4.69, 9.17) is 0 Å². The van der Waals surface area contributed by atoms with E-state index in [0.29, 0.717) is 25.2 Å². The van der Waals surface area contributed by atoms with Crippen LogP contribution in [0.15, 0.2) is 71.9 Å². The van der Waals surface area contributed by atoms with Gasteiger partial charge in [0.1, 0.15) is 5.82 Å². The zero-order valence-electron chi connectivity index (χ0n) is 18.0. The summed E-state index contributed by atoms with van der Waals surface area (Å²) in [5.74, 6) is 0.697. The summed E-state index contributed by atoms with van der Waals surface area (Å²) in [6.07, 6.45) is 7.33. The molecule has 4 rings (SSSR count). The zero-order valence-corrected chi connectivity index (χ0v) is 18.8. The van der Waals surface area contributed by atoms with Crippen LogP contribution in [0.25, 0.3) is 11.4 Å². The van der Waals surface area contributed by atoms with Crippen LogP contribution in [0.3, 0.4) is 0 Å². The molecule has 1 saturated heterocycles. The number of sulfonamides is 1. The molecule has 0 radical (unpaired) electrons. The Bertz CT molecular complexity index is 1140. The van der Waals surface area contributed by atoms with Gasteiger partial charge < -0.3 is 9.88 Å². The highest BCUT2D eigenvalue weighted by atomic mass is 32.2. The van der Waals surface area contributed by atoms with Gasteiger partial charge in [-0.2, -0.15) is 4.31 Å². The normalized spacial score (nSPS) is 14.9. The van der Waals surface area contributed by atoms with E-state index in [-0.39, 0.29) is 10.8 Å². The minimum absolute atomic E-state index is 0.208. The number of hydrogen-bond acceptors (Lipinski definition) is 4. The standard InChI is InChI=1S/C24H28N4O3S/c29-24(21-10-12-22(13-11-21)32(30,31)28-17-5-2-6-18-28)26-14-7-16-27-19-15-25-23(27)20-8-3-1-4-9-20/h1,3-4,8-13,15,19H,2,5-7,14,16-18H2,(H,26,29). The van der Waals surface area contributed by atoms with E-state index in [1.165, 1.54) is 16.4 Å². The maximum absolute atomic E-state index is 12.7. The number of nitrogens with zero attached hydrogens (tertiary/aromatic N) is 3. The highest BCUT2D eigenvalue weighted by Crippen LogP contribution is 2.21. The third-order valence-electron chi connectivity index (χ3n) is 5.68. The number of imidazole rings is 1. The number of hydrogen-bond donors (Lipinski definition) is 1. The predicted molar refractivity (Wildman–Crippen MR) is 124 cm³/mol. The van der Waals surface area contributed by atoms with Gasteiger partial charge in [0.2, 0.25) is 10.0 Å². The Morgan fingerprint density at radius 3 is 2.41 bits per heavy atom. The van der Waals surface area contributed by atoms with Crippen molar-refractivity contribution >= 4 is 15.9 Å². The Hall–Kier alpha value is -2.97. The van der Waals surface area contributed by atoms with E-state index in [2.05, 4.69) is 14.9 Å². The number of piperidine rings is 1. The Morgan fingerprint density at radius 2 is 1.69 bits per heavy atom. The molecule has 1 aliphatic heterocycles. The molecule has 1 aromatic heterocycles. The second-order valence-electron chi connectivity index (χ2n) is 7.91. The fourth-order valence-electron chi connectivity index (χ4n) is 3.92. The van der Waals surface area contributed by atoms with Crippen molar-refractivity contribution in [3.8, 4) is 11.4 Å². The molecule has 0 saturated carbocycles. The lowest BCUT2D eigenvalue weighted by Gasteiger charge is -2.25. The molecule has 1 amide bonds. The summed E-state index contributed by atoms with van der Waals surface area (Å²) in [6, 6.07) is 16.2. The first kappa shape index (κ1) is 22.2. The van der Waals surface area contributed by atoms with Crippen molar-refractivity contribution in [1.82, 2.24) is 19.2 Å². The van der Waals surface area contributed by atoms with Gasteiger partial charge >= 0.3 is 0 Å². The summed E-state index contributed by atoms with van der Waals surface area (Å²) in [5, 5.41) is 2.91. The quantitative estimate of drug-likeness (QED) is 0.530. The van der Waals surface area contributed by atoms with E-state index < -0.39 is 10.0 Å². The maximum atomic E-state index is 12.7. The Morgan fingerprint density at radius 1 is 0.969 bits per heavy atom. The molecule has 7 nitrogen and oxygen atoms in total. The average Bonchev–Trinajstić information content (AvgIpc) is 3.31. The first-order valence-corrected chi connectivity index (χ1v) is 12.4. The number of nitrogens with one attached hydrogen (secondary N) is 1. The van der Waals surface area contributed by atoms with Crippen LogP contribution in [0.1, 0.15) is 36.0 Å². The minimum Gasteiger partial charge on any atom is -0.352 e. The van der Waals surface area contributed by atoms with Crippen molar-refractivity contribution in [2.75, 3.05) is 19.6 Å². The third kappa shape index (κ3) is 5.08. The van der Waals surface area contributed by atoms with Gasteiger partial charge in [0.05, 0.1) is 4.90 Å². The van der Waals surface area contributed by atoms with Gasteiger partial charge in [-0.3, -0.25) is 4.79 Å². The van der Waals surface area contributed by atoms with E-state index in [9.17, 15) is 13.2 Å². The molecular weight excluding hydrogens is 424 g/mol. The molecule has 168 valence electrons. The molecule has 2 heterocycles.